The van der Waals surface area contributed by atoms with E-state index >= 15 is 0 Å². The summed E-state index contributed by atoms with van der Waals surface area (Å²) in [4.78, 5) is 15.4. The van der Waals surface area contributed by atoms with Crippen LogP contribution in [0.3, 0.4) is 0 Å². The molecule has 4 nitrogen and oxygen atoms in total. The molecule has 0 aliphatic heterocycles. The fraction of sp³-hybridized carbons (Fsp3) is 0. The number of fused-ring (bicyclic) bond motifs is 5. The monoisotopic (exact) mass is 651 g/mol. The number of aromatic nitrogens is 3. The molecule has 10 rings (SSSR count). The zero-order chi connectivity index (χ0) is 33.7. The molecule has 4 heteroatoms. The number of hydrogen-bond acceptors (Lipinski definition) is 4. The molecule has 238 valence electrons. The molecule has 0 amide bonds. The van der Waals surface area contributed by atoms with Crippen molar-refractivity contribution in [1.82, 2.24) is 15.0 Å². The smallest absolute Gasteiger partial charge is 0.164 e. The number of benzene rings is 8. The highest BCUT2D eigenvalue weighted by molar-refractivity contribution is 6.18. The molecule has 8 aromatic carbocycles. The Kier molecular flexibility index (Phi) is 6.78. The van der Waals surface area contributed by atoms with Crippen LogP contribution in [0.25, 0.3) is 99.9 Å². The fourth-order valence-electron chi connectivity index (χ4n) is 7.35. The topological polar surface area (TPSA) is 51.8 Å². The van der Waals surface area contributed by atoms with Gasteiger partial charge in [0.05, 0.1) is 0 Å². The van der Waals surface area contributed by atoms with Crippen LogP contribution in [0, 0.1) is 0 Å². The minimum atomic E-state index is 0.628. The van der Waals surface area contributed by atoms with E-state index in [1.54, 1.807) is 0 Å². The molecule has 0 saturated carbocycles. The Labute approximate surface area is 294 Å². The van der Waals surface area contributed by atoms with E-state index in [0.717, 1.165) is 71.7 Å². The van der Waals surface area contributed by atoms with E-state index in [1.165, 1.54) is 10.8 Å². The van der Waals surface area contributed by atoms with Crippen molar-refractivity contribution < 1.29 is 4.42 Å². The SMILES string of the molecule is c1ccc(-c2nc(-c3ccccc3-c3ccccc3)nc(-c3ccc(-c4cccc5oc6cc7ccccc7cc6c45)c4ccccc34)n2)cc1. The van der Waals surface area contributed by atoms with Crippen LogP contribution < -0.4 is 0 Å². The lowest BCUT2D eigenvalue weighted by Gasteiger charge is -2.14. The van der Waals surface area contributed by atoms with Crippen molar-refractivity contribution in [2.45, 2.75) is 0 Å². The zero-order valence-corrected chi connectivity index (χ0v) is 27.5. The standard InChI is InChI=1S/C47H29N3O/c1-3-14-30(15-4-1)34-20-9-12-23-39(34)46-48-45(31-16-5-2-6-17-31)49-47(50-46)40-27-26-37(35-21-10-11-22-36(35)40)38-24-13-25-42-44(38)41-28-32-18-7-8-19-33(32)29-43(41)51-42/h1-29H. The third kappa shape index (κ3) is 4.96. The first-order valence-electron chi connectivity index (χ1n) is 17.1. The predicted octanol–water partition coefficient (Wildman–Crippen LogP) is 12.4. The van der Waals surface area contributed by atoms with Crippen LogP contribution in [0.15, 0.2) is 180 Å². The highest BCUT2D eigenvalue weighted by Crippen LogP contribution is 2.42. The van der Waals surface area contributed by atoms with Gasteiger partial charge in [0, 0.05) is 27.5 Å². The molecule has 0 spiro atoms. The van der Waals surface area contributed by atoms with Crippen molar-refractivity contribution in [3.8, 4) is 56.4 Å². The van der Waals surface area contributed by atoms with Gasteiger partial charge in [0.25, 0.3) is 0 Å². The average molecular weight is 652 g/mol. The lowest BCUT2D eigenvalue weighted by Crippen LogP contribution is -2.01. The van der Waals surface area contributed by atoms with Gasteiger partial charge in [-0.1, -0.05) is 152 Å². The summed E-state index contributed by atoms with van der Waals surface area (Å²) in [6, 6.07) is 60.9. The molecule has 0 radical (unpaired) electrons. The summed E-state index contributed by atoms with van der Waals surface area (Å²) < 4.78 is 6.45. The highest BCUT2D eigenvalue weighted by atomic mass is 16.3. The molecule has 0 fully saturated rings. The van der Waals surface area contributed by atoms with Gasteiger partial charge in [0.1, 0.15) is 11.2 Å². The Morgan fingerprint density at radius 1 is 0.314 bits per heavy atom. The van der Waals surface area contributed by atoms with Gasteiger partial charge >= 0.3 is 0 Å². The Balaban J connectivity index is 1.20. The molecule has 0 saturated heterocycles. The van der Waals surface area contributed by atoms with E-state index in [-0.39, 0.29) is 0 Å². The quantitative estimate of drug-likeness (QED) is 0.186. The molecular formula is C47H29N3O. The van der Waals surface area contributed by atoms with Gasteiger partial charge in [-0.05, 0) is 68.1 Å². The minimum absolute atomic E-state index is 0.628. The van der Waals surface area contributed by atoms with E-state index in [0.29, 0.717) is 17.5 Å². The number of hydrogen-bond donors (Lipinski definition) is 0. The third-order valence-electron chi connectivity index (χ3n) is 9.74. The van der Waals surface area contributed by atoms with Crippen molar-refractivity contribution in [3.63, 3.8) is 0 Å². The van der Waals surface area contributed by atoms with E-state index in [9.17, 15) is 0 Å². The maximum atomic E-state index is 6.45. The Hall–Kier alpha value is -6.91. The Morgan fingerprint density at radius 3 is 1.63 bits per heavy atom. The third-order valence-corrected chi connectivity index (χ3v) is 9.74. The van der Waals surface area contributed by atoms with Crippen molar-refractivity contribution in [1.29, 1.82) is 0 Å². The molecule has 0 unspecified atom stereocenters. The van der Waals surface area contributed by atoms with Crippen LogP contribution >= 0.6 is 0 Å². The first-order valence-corrected chi connectivity index (χ1v) is 17.1. The Morgan fingerprint density at radius 2 is 0.863 bits per heavy atom. The Bertz CT molecular complexity index is 2910. The van der Waals surface area contributed by atoms with Gasteiger partial charge in [-0.3, -0.25) is 0 Å². The first-order chi connectivity index (χ1) is 25.3. The number of nitrogens with zero attached hydrogens (tertiary/aromatic N) is 3. The molecule has 10 aromatic rings. The lowest BCUT2D eigenvalue weighted by molar-refractivity contribution is 0.669. The summed E-state index contributed by atoms with van der Waals surface area (Å²) in [6.45, 7) is 0. The average Bonchev–Trinajstić information content (AvgIpc) is 3.57. The molecule has 2 aromatic heterocycles. The normalized spacial score (nSPS) is 11.5. The fourth-order valence-corrected chi connectivity index (χ4v) is 7.35. The largest absolute Gasteiger partial charge is 0.456 e. The molecule has 0 atom stereocenters. The van der Waals surface area contributed by atoms with Crippen LogP contribution in [0.2, 0.25) is 0 Å². The van der Waals surface area contributed by atoms with Crippen molar-refractivity contribution in [2.75, 3.05) is 0 Å². The second kappa shape index (κ2) is 11.9. The molecular weight excluding hydrogens is 623 g/mol. The summed E-state index contributed by atoms with van der Waals surface area (Å²) in [6.07, 6.45) is 0. The highest BCUT2D eigenvalue weighted by Gasteiger charge is 2.20. The molecule has 0 aliphatic carbocycles. The maximum Gasteiger partial charge on any atom is 0.164 e. The van der Waals surface area contributed by atoms with Crippen LogP contribution in [0.1, 0.15) is 0 Å². The van der Waals surface area contributed by atoms with Gasteiger partial charge in [0.15, 0.2) is 17.5 Å². The van der Waals surface area contributed by atoms with Gasteiger partial charge < -0.3 is 4.42 Å². The molecule has 0 bridgehead atoms. The number of rotatable bonds is 5. The maximum absolute atomic E-state index is 6.45. The first kappa shape index (κ1) is 29.0. The summed E-state index contributed by atoms with van der Waals surface area (Å²) in [5.74, 6) is 1.89. The van der Waals surface area contributed by atoms with Gasteiger partial charge in [-0.15, -0.1) is 0 Å². The molecule has 2 heterocycles. The molecule has 0 N–H and O–H groups in total. The van der Waals surface area contributed by atoms with Gasteiger partial charge in [-0.2, -0.15) is 0 Å². The van der Waals surface area contributed by atoms with Crippen LogP contribution in [0.4, 0.5) is 0 Å². The van der Waals surface area contributed by atoms with Crippen LogP contribution in [-0.2, 0) is 0 Å². The summed E-state index contributed by atoms with van der Waals surface area (Å²) in [5, 5.41) is 6.76. The van der Waals surface area contributed by atoms with Gasteiger partial charge in [0.2, 0.25) is 0 Å². The van der Waals surface area contributed by atoms with E-state index in [1.807, 2.05) is 42.5 Å². The second-order valence-corrected chi connectivity index (χ2v) is 12.8. The van der Waals surface area contributed by atoms with Crippen LogP contribution in [-0.4, -0.2) is 15.0 Å². The van der Waals surface area contributed by atoms with E-state index in [4.69, 9.17) is 19.4 Å². The van der Waals surface area contributed by atoms with Gasteiger partial charge in [-0.25, -0.2) is 15.0 Å². The van der Waals surface area contributed by atoms with Crippen LogP contribution in [0.5, 0.6) is 0 Å². The second-order valence-electron chi connectivity index (χ2n) is 12.8. The molecule has 51 heavy (non-hydrogen) atoms. The summed E-state index contributed by atoms with van der Waals surface area (Å²) in [7, 11) is 0. The zero-order valence-electron chi connectivity index (χ0n) is 27.5. The van der Waals surface area contributed by atoms with Crippen molar-refractivity contribution in [2.24, 2.45) is 0 Å². The van der Waals surface area contributed by atoms with Crippen molar-refractivity contribution >= 4 is 43.5 Å². The minimum Gasteiger partial charge on any atom is -0.456 e. The van der Waals surface area contributed by atoms with Crippen molar-refractivity contribution in [3.05, 3.63) is 176 Å². The summed E-state index contributed by atoms with van der Waals surface area (Å²) >= 11 is 0. The predicted molar refractivity (Wildman–Crippen MR) is 209 cm³/mol. The molecule has 0 aliphatic rings. The number of furan rings is 1. The van der Waals surface area contributed by atoms with E-state index in [2.05, 4.69) is 133 Å². The van der Waals surface area contributed by atoms with E-state index < -0.39 is 0 Å². The summed E-state index contributed by atoms with van der Waals surface area (Å²) in [5.41, 5.74) is 9.04. The lowest BCUT2D eigenvalue weighted by atomic mass is 9.92.